The van der Waals surface area contributed by atoms with Crippen LogP contribution >= 0.6 is 0 Å². The van der Waals surface area contributed by atoms with Gasteiger partial charge in [-0.2, -0.15) is 0 Å². The minimum Gasteiger partial charge on any atom is -0.355 e. The highest BCUT2D eigenvalue weighted by Crippen LogP contribution is 2.27. The molecule has 2 N–H and O–H groups in total. The predicted molar refractivity (Wildman–Crippen MR) is 58.1 cm³/mol. The zero-order valence-corrected chi connectivity index (χ0v) is 9.31. The smallest absolute Gasteiger partial charge is 0.233 e. The Morgan fingerprint density at radius 3 is 2.79 bits per heavy atom. The Kier molecular flexibility index (Phi) is 4.94. The van der Waals surface area contributed by atoms with Crippen molar-refractivity contribution in [3.05, 3.63) is 0 Å². The van der Waals surface area contributed by atoms with Crippen LogP contribution < -0.4 is 10.6 Å². The maximum atomic E-state index is 11.3. The highest BCUT2D eigenvalue weighted by Gasteiger charge is 2.21. The van der Waals surface area contributed by atoms with E-state index in [4.69, 9.17) is 0 Å². The van der Waals surface area contributed by atoms with Gasteiger partial charge in [0.2, 0.25) is 5.91 Å². The fourth-order valence-electron chi connectivity index (χ4n) is 1.44. The van der Waals surface area contributed by atoms with Crippen LogP contribution in [0.25, 0.3) is 0 Å². The third kappa shape index (κ3) is 5.22. The minimum absolute atomic E-state index is 0.139. The monoisotopic (exact) mass is 198 g/mol. The molecule has 0 aromatic rings. The Morgan fingerprint density at radius 1 is 1.50 bits per heavy atom. The topological polar surface area (TPSA) is 41.1 Å². The Bertz CT molecular complexity index is 178. The van der Waals surface area contributed by atoms with Crippen molar-refractivity contribution in [2.45, 2.75) is 45.6 Å². The summed E-state index contributed by atoms with van der Waals surface area (Å²) in [6.45, 7) is 5.62. The Balaban J connectivity index is 1.95. The number of carbonyl (C=O) groups is 1. The number of hydrogen-bond acceptors (Lipinski definition) is 2. The van der Waals surface area contributed by atoms with E-state index in [0.717, 1.165) is 25.3 Å². The van der Waals surface area contributed by atoms with E-state index >= 15 is 0 Å². The van der Waals surface area contributed by atoms with E-state index < -0.39 is 0 Å². The van der Waals surface area contributed by atoms with Gasteiger partial charge >= 0.3 is 0 Å². The van der Waals surface area contributed by atoms with Crippen molar-refractivity contribution in [3.8, 4) is 0 Å². The van der Waals surface area contributed by atoms with E-state index in [0.29, 0.717) is 12.6 Å². The number of rotatable bonds is 7. The third-order valence-corrected chi connectivity index (χ3v) is 2.62. The molecule has 1 amide bonds. The van der Waals surface area contributed by atoms with E-state index in [1.54, 1.807) is 0 Å². The van der Waals surface area contributed by atoms with Gasteiger partial charge in [-0.3, -0.25) is 4.79 Å². The lowest BCUT2D eigenvalue weighted by Crippen LogP contribution is -2.38. The SMILES string of the molecule is CCCC(C)NCC(=O)NCC1CC1. The van der Waals surface area contributed by atoms with Crippen LogP contribution in [0.5, 0.6) is 0 Å². The van der Waals surface area contributed by atoms with Crippen molar-refractivity contribution in [1.29, 1.82) is 0 Å². The van der Waals surface area contributed by atoms with Crippen molar-refractivity contribution in [3.63, 3.8) is 0 Å². The first-order valence-corrected chi connectivity index (χ1v) is 5.72. The van der Waals surface area contributed by atoms with Crippen LogP contribution in [0.4, 0.5) is 0 Å². The molecule has 14 heavy (non-hydrogen) atoms. The van der Waals surface area contributed by atoms with Gasteiger partial charge in [0, 0.05) is 12.6 Å². The Labute approximate surface area is 86.6 Å². The van der Waals surface area contributed by atoms with Crippen LogP contribution in [0.15, 0.2) is 0 Å². The van der Waals surface area contributed by atoms with Crippen molar-refractivity contribution >= 4 is 5.91 Å². The molecule has 0 aliphatic heterocycles. The number of carbonyl (C=O) groups excluding carboxylic acids is 1. The summed E-state index contributed by atoms with van der Waals surface area (Å²) < 4.78 is 0. The van der Waals surface area contributed by atoms with Crippen molar-refractivity contribution in [2.24, 2.45) is 5.92 Å². The molecular formula is C11H22N2O. The maximum Gasteiger partial charge on any atom is 0.233 e. The summed E-state index contributed by atoms with van der Waals surface area (Å²) >= 11 is 0. The summed E-state index contributed by atoms with van der Waals surface area (Å²) in [4.78, 5) is 11.3. The zero-order valence-electron chi connectivity index (χ0n) is 9.31. The number of hydrogen-bond donors (Lipinski definition) is 2. The molecule has 1 aliphatic rings. The van der Waals surface area contributed by atoms with Gasteiger partial charge in [0.05, 0.1) is 6.54 Å². The summed E-state index contributed by atoms with van der Waals surface area (Å²) in [5, 5.41) is 6.16. The largest absolute Gasteiger partial charge is 0.355 e. The third-order valence-electron chi connectivity index (χ3n) is 2.62. The lowest BCUT2D eigenvalue weighted by Gasteiger charge is -2.12. The molecular weight excluding hydrogens is 176 g/mol. The standard InChI is InChI=1S/C11H22N2O/c1-3-4-9(2)12-8-11(14)13-7-10-5-6-10/h9-10,12H,3-8H2,1-2H3,(H,13,14). The first-order chi connectivity index (χ1) is 6.72. The van der Waals surface area contributed by atoms with Gasteiger partial charge in [-0.1, -0.05) is 13.3 Å². The predicted octanol–water partition coefficient (Wildman–Crippen LogP) is 1.29. The number of nitrogens with one attached hydrogen (secondary N) is 2. The van der Waals surface area contributed by atoms with Gasteiger partial charge in [-0.05, 0) is 32.1 Å². The summed E-state index contributed by atoms with van der Waals surface area (Å²) in [7, 11) is 0. The summed E-state index contributed by atoms with van der Waals surface area (Å²) in [5.41, 5.74) is 0. The van der Waals surface area contributed by atoms with Gasteiger partial charge in [0.25, 0.3) is 0 Å². The van der Waals surface area contributed by atoms with Crippen LogP contribution in [0.3, 0.4) is 0 Å². The van der Waals surface area contributed by atoms with Crippen molar-refractivity contribution < 1.29 is 4.79 Å². The molecule has 3 nitrogen and oxygen atoms in total. The lowest BCUT2D eigenvalue weighted by atomic mass is 10.2. The fraction of sp³-hybridized carbons (Fsp3) is 0.909. The van der Waals surface area contributed by atoms with E-state index in [1.165, 1.54) is 12.8 Å². The average molecular weight is 198 g/mol. The molecule has 1 unspecified atom stereocenters. The molecule has 0 bridgehead atoms. The first-order valence-electron chi connectivity index (χ1n) is 5.72. The van der Waals surface area contributed by atoms with E-state index in [2.05, 4.69) is 24.5 Å². The second-order valence-electron chi connectivity index (χ2n) is 4.32. The summed E-state index contributed by atoms with van der Waals surface area (Å²) in [6.07, 6.45) is 4.88. The summed E-state index contributed by atoms with van der Waals surface area (Å²) in [6, 6.07) is 0.451. The molecule has 1 saturated carbocycles. The zero-order chi connectivity index (χ0) is 10.4. The molecule has 0 saturated heterocycles. The molecule has 1 rings (SSSR count). The molecule has 0 aromatic carbocycles. The van der Waals surface area contributed by atoms with Crippen LogP contribution in [0, 0.1) is 5.92 Å². The molecule has 0 radical (unpaired) electrons. The van der Waals surface area contributed by atoms with Crippen LogP contribution in [-0.4, -0.2) is 25.0 Å². The summed E-state index contributed by atoms with van der Waals surface area (Å²) in [5.74, 6) is 0.909. The first kappa shape index (κ1) is 11.5. The van der Waals surface area contributed by atoms with Crippen LogP contribution in [-0.2, 0) is 4.79 Å². The average Bonchev–Trinajstić information content (AvgIpc) is 2.95. The van der Waals surface area contributed by atoms with Gasteiger partial charge in [-0.25, -0.2) is 0 Å². The molecule has 3 heteroatoms. The van der Waals surface area contributed by atoms with E-state index in [1.807, 2.05) is 0 Å². The van der Waals surface area contributed by atoms with Crippen LogP contribution in [0.1, 0.15) is 39.5 Å². The van der Waals surface area contributed by atoms with Crippen molar-refractivity contribution in [1.82, 2.24) is 10.6 Å². The highest BCUT2D eigenvalue weighted by atomic mass is 16.1. The maximum absolute atomic E-state index is 11.3. The molecule has 1 atom stereocenters. The quantitative estimate of drug-likeness (QED) is 0.647. The van der Waals surface area contributed by atoms with Crippen molar-refractivity contribution in [2.75, 3.05) is 13.1 Å². The molecule has 82 valence electrons. The molecule has 0 spiro atoms. The molecule has 1 fully saturated rings. The van der Waals surface area contributed by atoms with Gasteiger partial charge in [0.15, 0.2) is 0 Å². The Morgan fingerprint density at radius 2 is 2.21 bits per heavy atom. The number of amides is 1. The second kappa shape index (κ2) is 6.02. The second-order valence-corrected chi connectivity index (χ2v) is 4.32. The van der Waals surface area contributed by atoms with Crippen LogP contribution in [0.2, 0.25) is 0 Å². The van der Waals surface area contributed by atoms with Gasteiger partial charge in [-0.15, -0.1) is 0 Å². The normalized spacial score (nSPS) is 17.9. The minimum atomic E-state index is 0.139. The lowest BCUT2D eigenvalue weighted by molar-refractivity contribution is -0.120. The molecule has 0 aromatic heterocycles. The molecule has 0 heterocycles. The fourth-order valence-corrected chi connectivity index (χ4v) is 1.44. The van der Waals surface area contributed by atoms with E-state index in [9.17, 15) is 4.79 Å². The highest BCUT2D eigenvalue weighted by molar-refractivity contribution is 5.78. The van der Waals surface area contributed by atoms with Gasteiger partial charge in [0.1, 0.15) is 0 Å². The Hall–Kier alpha value is -0.570. The van der Waals surface area contributed by atoms with E-state index in [-0.39, 0.29) is 5.91 Å². The molecule has 1 aliphatic carbocycles. The van der Waals surface area contributed by atoms with Gasteiger partial charge < -0.3 is 10.6 Å².